The van der Waals surface area contributed by atoms with Gasteiger partial charge < -0.3 is 15.6 Å². The summed E-state index contributed by atoms with van der Waals surface area (Å²) in [6, 6.07) is 4.11. The fourth-order valence-electron chi connectivity index (χ4n) is 2.32. The summed E-state index contributed by atoms with van der Waals surface area (Å²) >= 11 is 3.64. The summed E-state index contributed by atoms with van der Waals surface area (Å²) in [4.78, 5) is 12.5. The van der Waals surface area contributed by atoms with E-state index in [9.17, 15) is 0 Å². The number of halogens is 1. The topological polar surface area (TPSA) is 65.1 Å². The predicted molar refractivity (Wildman–Crippen MR) is 79.7 cm³/mol. The zero-order chi connectivity index (χ0) is 12.8. The van der Waals surface area contributed by atoms with Crippen molar-refractivity contribution in [3.63, 3.8) is 0 Å². The number of benzene rings is 1. The maximum absolute atomic E-state index is 4.71. The Morgan fingerprint density at radius 2 is 2.21 bits per heavy atom. The van der Waals surface area contributed by atoms with E-state index in [1.54, 1.807) is 0 Å². The number of nitrogens with zero attached hydrogens (tertiary/aromatic N) is 2. The monoisotopic (exact) mass is 319 g/mol. The number of nitrogens with one attached hydrogen (secondary N) is 3. The average Bonchev–Trinajstić information content (AvgIpc) is 2.97. The maximum Gasteiger partial charge on any atom is 0.195 e. The molecule has 0 amide bonds. The molecule has 1 aromatic heterocycles. The van der Waals surface area contributed by atoms with Gasteiger partial charge in [-0.1, -0.05) is 0 Å². The van der Waals surface area contributed by atoms with Crippen molar-refractivity contribution in [3.05, 3.63) is 22.4 Å². The molecule has 0 bridgehead atoms. The van der Waals surface area contributed by atoms with Crippen LogP contribution in [-0.2, 0) is 0 Å². The molecule has 1 fully saturated rings. The fourth-order valence-corrected chi connectivity index (χ4v) is 2.85. The molecule has 6 heteroatoms. The molecule has 2 heterocycles. The van der Waals surface area contributed by atoms with Crippen LogP contribution in [0.4, 0.5) is 5.69 Å². The molecule has 1 saturated carbocycles. The molecule has 1 aliphatic carbocycles. The molecule has 0 atom stereocenters. The smallest absolute Gasteiger partial charge is 0.195 e. The standard InChI is InChI=1S/C13H14BrN5/c14-10-8(18-13-15-5-6-16-13)3-4-9-11(10)19-12(17-9)7-1-2-7/h3-4,7H,1-2,5-6H2,(H,17,19)(H2,15,16,18). The number of H-pyrrole nitrogens is 1. The molecule has 19 heavy (non-hydrogen) atoms. The molecule has 0 radical (unpaired) electrons. The first kappa shape index (κ1) is 11.3. The van der Waals surface area contributed by atoms with Crippen LogP contribution >= 0.6 is 15.9 Å². The van der Waals surface area contributed by atoms with E-state index in [4.69, 9.17) is 4.98 Å². The number of hydrogen-bond donors (Lipinski definition) is 3. The minimum absolute atomic E-state index is 0.636. The van der Waals surface area contributed by atoms with Gasteiger partial charge in [0, 0.05) is 12.5 Å². The number of aliphatic imine (C=N–C) groups is 1. The Kier molecular flexibility index (Phi) is 2.51. The number of hydrogen-bond acceptors (Lipinski definition) is 4. The minimum Gasteiger partial charge on any atom is -0.354 e. The van der Waals surface area contributed by atoms with E-state index in [0.717, 1.165) is 46.1 Å². The van der Waals surface area contributed by atoms with E-state index in [0.29, 0.717) is 5.92 Å². The lowest BCUT2D eigenvalue weighted by molar-refractivity contribution is 0.959. The van der Waals surface area contributed by atoms with Crippen LogP contribution in [0.5, 0.6) is 0 Å². The number of aromatic nitrogens is 2. The van der Waals surface area contributed by atoms with Crippen molar-refractivity contribution in [2.24, 2.45) is 4.99 Å². The first-order chi connectivity index (χ1) is 9.31. The summed E-state index contributed by atoms with van der Waals surface area (Å²) < 4.78 is 0.990. The largest absolute Gasteiger partial charge is 0.354 e. The number of anilines is 1. The maximum atomic E-state index is 4.71. The molecule has 3 N–H and O–H groups in total. The summed E-state index contributed by atoms with van der Waals surface area (Å²) in [7, 11) is 0. The number of imidazole rings is 1. The number of aromatic amines is 1. The van der Waals surface area contributed by atoms with Crippen molar-refractivity contribution in [2.75, 3.05) is 18.4 Å². The number of rotatable bonds is 2. The third-order valence-corrected chi connectivity index (χ3v) is 4.31. The Balaban J connectivity index is 1.72. The SMILES string of the molecule is Brc1c(NC2=NCCN2)ccc2[nH]c(C3CC3)nc12. The molecule has 4 rings (SSSR count). The van der Waals surface area contributed by atoms with Crippen molar-refractivity contribution in [1.29, 1.82) is 0 Å². The molecular weight excluding hydrogens is 306 g/mol. The highest BCUT2D eigenvalue weighted by atomic mass is 79.9. The van der Waals surface area contributed by atoms with Crippen molar-refractivity contribution in [2.45, 2.75) is 18.8 Å². The van der Waals surface area contributed by atoms with E-state index in [-0.39, 0.29) is 0 Å². The van der Waals surface area contributed by atoms with E-state index in [1.807, 2.05) is 6.07 Å². The molecular formula is C13H14BrN5. The minimum atomic E-state index is 0.636. The normalized spacial score (nSPS) is 18.5. The van der Waals surface area contributed by atoms with Gasteiger partial charge >= 0.3 is 0 Å². The summed E-state index contributed by atoms with van der Waals surface area (Å²) in [6.07, 6.45) is 2.51. The van der Waals surface area contributed by atoms with Crippen LogP contribution in [0.2, 0.25) is 0 Å². The summed E-state index contributed by atoms with van der Waals surface area (Å²) in [5.41, 5.74) is 3.07. The quantitative estimate of drug-likeness (QED) is 0.797. The second-order valence-electron chi connectivity index (χ2n) is 5.00. The van der Waals surface area contributed by atoms with Gasteiger partial charge in [0.05, 0.1) is 22.2 Å². The lowest BCUT2D eigenvalue weighted by Crippen LogP contribution is -2.26. The van der Waals surface area contributed by atoms with E-state index < -0.39 is 0 Å². The Bertz CT molecular complexity index is 671. The van der Waals surface area contributed by atoms with Gasteiger partial charge in [-0.05, 0) is 40.9 Å². The molecule has 1 aromatic carbocycles. The van der Waals surface area contributed by atoms with Crippen LogP contribution in [0, 0.1) is 0 Å². The third kappa shape index (κ3) is 2.00. The van der Waals surface area contributed by atoms with Crippen LogP contribution in [0.25, 0.3) is 11.0 Å². The average molecular weight is 320 g/mol. The Morgan fingerprint density at radius 1 is 1.32 bits per heavy atom. The molecule has 0 saturated heterocycles. The van der Waals surface area contributed by atoms with Gasteiger partial charge in [0.15, 0.2) is 5.96 Å². The van der Waals surface area contributed by atoms with Crippen LogP contribution < -0.4 is 10.6 Å². The molecule has 2 aromatic rings. The molecule has 2 aliphatic rings. The van der Waals surface area contributed by atoms with Gasteiger partial charge in [-0.3, -0.25) is 4.99 Å². The van der Waals surface area contributed by atoms with Crippen molar-refractivity contribution >= 4 is 38.6 Å². The van der Waals surface area contributed by atoms with Gasteiger partial charge in [0.1, 0.15) is 11.3 Å². The number of fused-ring (bicyclic) bond motifs is 1. The molecule has 0 unspecified atom stereocenters. The second-order valence-corrected chi connectivity index (χ2v) is 5.79. The highest BCUT2D eigenvalue weighted by Crippen LogP contribution is 2.40. The van der Waals surface area contributed by atoms with Gasteiger partial charge in [-0.25, -0.2) is 4.98 Å². The van der Waals surface area contributed by atoms with Crippen LogP contribution in [0.3, 0.4) is 0 Å². The summed E-state index contributed by atoms with van der Waals surface area (Å²) in [5.74, 6) is 2.58. The Morgan fingerprint density at radius 3 is 2.95 bits per heavy atom. The van der Waals surface area contributed by atoms with Crippen LogP contribution in [0.1, 0.15) is 24.6 Å². The molecule has 5 nitrogen and oxygen atoms in total. The van der Waals surface area contributed by atoms with E-state index in [2.05, 4.69) is 42.6 Å². The lowest BCUT2D eigenvalue weighted by atomic mass is 10.3. The first-order valence-electron chi connectivity index (χ1n) is 6.55. The highest BCUT2D eigenvalue weighted by molar-refractivity contribution is 9.10. The zero-order valence-corrected chi connectivity index (χ0v) is 11.9. The molecule has 98 valence electrons. The molecule has 1 aliphatic heterocycles. The fraction of sp³-hybridized carbons (Fsp3) is 0.385. The first-order valence-corrected chi connectivity index (χ1v) is 7.34. The van der Waals surface area contributed by atoms with Crippen LogP contribution in [0.15, 0.2) is 21.6 Å². The van der Waals surface area contributed by atoms with Gasteiger partial charge in [-0.15, -0.1) is 0 Å². The van der Waals surface area contributed by atoms with Crippen molar-refractivity contribution in [3.8, 4) is 0 Å². The Hall–Kier alpha value is -1.56. The predicted octanol–water partition coefficient (Wildman–Crippen LogP) is 2.57. The van der Waals surface area contributed by atoms with Gasteiger partial charge in [-0.2, -0.15) is 0 Å². The third-order valence-electron chi connectivity index (χ3n) is 3.50. The highest BCUT2D eigenvalue weighted by Gasteiger charge is 2.27. The number of guanidine groups is 1. The van der Waals surface area contributed by atoms with E-state index >= 15 is 0 Å². The van der Waals surface area contributed by atoms with Crippen LogP contribution in [-0.4, -0.2) is 29.0 Å². The van der Waals surface area contributed by atoms with Gasteiger partial charge in [0.2, 0.25) is 0 Å². The van der Waals surface area contributed by atoms with Crippen molar-refractivity contribution in [1.82, 2.24) is 15.3 Å². The zero-order valence-electron chi connectivity index (χ0n) is 10.3. The van der Waals surface area contributed by atoms with Crippen molar-refractivity contribution < 1.29 is 0 Å². The lowest BCUT2D eigenvalue weighted by Gasteiger charge is -2.08. The Labute approximate surface area is 119 Å². The second kappa shape index (κ2) is 4.23. The summed E-state index contributed by atoms with van der Waals surface area (Å²) in [6.45, 7) is 1.73. The van der Waals surface area contributed by atoms with E-state index in [1.165, 1.54) is 12.8 Å². The molecule has 0 spiro atoms. The summed E-state index contributed by atoms with van der Waals surface area (Å²) in [5, 5.41) is 6.50. The van der Waals surface area contributed by atoms with Gasteiger partial charge in [0.25, 0.3) is 0 Å².